The van der Waals surface area contributed by atoms with Gasteiger partial charge in [-0.15, -0.1) is 0 Å². The van der Waals surface area contributed by atoms with Gasteiger partial charge in [0, 0.05) is 0 Å². The number of aryl methyl sites for hydroxylation is 9. The van der Waals surface area contributed by atoms with Gasteiger partial charge in [0.25, 0.3) is 0 Å². The van der Waals surface area contributed by atoms with Crippen LogP contribution in [0.3, 0.4) is 0 Å². The minimum Gasteiger partial charge on any atom is -0.493 e. The van der Waals surface area contributed by atoms with E-state index in [1.54, 1.807) is 0 Å². The summed E-state index contributed by atoms with van der Waals surface area (Å²) >= 11 is 0. The van der Waals surface area contributed by atoms with Gasteiger partial charge in [0.15, 0.2) is 0 Å². The summed E-state index contributed by atoms with van der Waals surface area (Å²) in [7, 11) is 0. The Kier molecular flexibility index (Phi) is 9.76. The summed E-state index contributed by atoms with van der Waals surface area (Å²) in [5.74, 6) is 1.03. The van der Waals surface area contributed by atoms with Crippen molar-refractivity contribution in [2.75, 3.05) is 6.61 Å². The lowest BCUT2D eigenvalue weighted by Crippen LogP contribution is -2.03. The first kappa shape index (κ1) is 27.5. The van der Waals surface area contributed by atoms with Crippen LogP contribution >= 0.6 is 0 Å². The van der Waals surface area contributed by atoms with Crippen LogP contribution in [0.4, 0.5) is 0 Å². The molecule has 0 saturated heterocycles. The van der Waals surface area contributed by atoms with Crippen molar-refractivity contribution in [3.63, 3.8) is 0 Å². The SMILES string of the molecule is C=Cc1cc(C)c(CCCCc2cc(C)c(OCCCc3cc(C)c(C=C)cc3C)cc2C)cc1C. The second-order valence-corrected chi connectivity index (χ2v) is 10.4. The highest BCUT2D eigenvalue weighted by Crippen LogP contribution is 2.26. The highest BCUT2D eigenvalue weighted by atomic mass is 16.5. The normalized spacial score (nSPS) is 10.9. The van der Waals surface area contributed by atoms with E-state index in [1.165, 1.54) is 74.0 Å². The number of hydrogen-bond acceptors (Lipinski definition) is 1. The Hall–Kier alpha value is -3.06. The monoisotopic (exact) mass is 480 g/mol. The molecule has 36 heavy (non-hydrogen) atoms. The molecule has 0 radical (unpaired) electrons. The zero-order chi connectivity index (χ0) is 26.2. The fraction of sp³-hybridized carbons (Fsp3) is 0.371. The van der Waals surface area contributed by atoms with Gasteiger partial charge in [-0.25, -0.2) is 0 Å². The molecule has 0 saturated carbocycles. The summed E-state index contributed by atoms with van der Waals surface area (Å²) in [5.41, 5.74) is 14.7. The Labute approximate surface area is 219 Å². The number of unbranched alkanes of at least 4 members (excludes halogenated alkanes) is 1. The van der Waals surface area contributed by atoms with Crippen molar-refractivity contribution in [3.05, 3.63) is 111 Å². The molecular formula is C35H44O. The van der Waals surface area contributed by atoms with Crippen LogP contribution in [0.15, 0.2) is 49.6 Å². The van der Waals surface area contributed by atoms with Crippen LogP contribution in [-0.4, -0.2) is 6.61 Å². The summed E-state index contributed by atoms with van der Waals surface area (Å²) in [6.45, 7) is 21.7. The predicted octanol–water partition coefficient (Wildman–Crippen LogP) is 9.40. The zero-order valence-electron chi connectivity index (χ0n) is 23.4. The maximum atomic E-state index is 6.21. The third kappa shape index (κ3) is 7.00. The minimum atomic E-state index is 0.741. The van der Waals surface area contributed by atoms with Crippen LogP contribution in [0.2, 0.25) is 0 Å². The first-order valence-electron chi connectivity index (χ1n) is 13.4. The van der Waals surface area contributed by atoms with Crippen LogP contribution in [0, 0.1) is 41.5 Å². The van der Waals surface area contributed by atoms with E-state index in [1.807, 2.05) is 12.2 Å². The van der Waals surface area contributed by atoms with Crippen molar-refractivity contribution in [1.29, 1.82) is 0 Å². The summed E-state index contributed by atoms with van der Waals surface area (Å²) in [6, 6.07) is 13.7. The Morgan fingerprint density at radius 3 is 1.42 bits per heavy atom. The molecule has 190 valence electrons. The molecule has 0 amide bonds. The van der Waals surface area contributed by atoms with Crippen molar-refractivity contribution >= 4 is 12.2 Å². The van der Waals surface area contributed by atoms with Crippen molar-refractivity contribution in [1.82, 2.24) is 0 Å². The second-order valence-electron chi connectivity index (χ2n) is 10.4. The van der Waals surface area contributed by atoms with E-state index in [2.05, 4.69) is 91.1 Å². The molecule has 0 aliphatic rings. The Balaban J connectivity index is 1.49. The summed E-state index contributed by atoms with van der Waals surface area (Å²) in [6.07, 6.45) is 10.6. The molecule has 0 atom stereocenters. The van der Waals surface area contributed by atoms with Gasteiger partial charge in [-0.2, -0.15) is 0 Å². The smallest absolute Gasteiger partial charge is 0.122 e. The molecule has 0 aromatic heterocycles. The fourth-order valence-electron chi connectivity index (χ4n) is 5.13. The quantitative estimate of drug-likeness (QED) is 0.235. The van der Waals surface area contributed by atoms with Crippen LogP contribution in [0.25, 0.3) is 12.2 Å². The number of ether oxygens (including phenoxy) is 1. The van der Waals surface area contributed by atoms with Gasteiger partial charge in [0.05, 0.1) is 6.61 Å². The van der Waals surface area contributed by atoms with Gasteiger partial charge in [0.2, 0.25) is 0 Å². The van der Waals surface area contributed by atoms with Crippen LogP contribution < -0.4 is 4.74 Å². The van der Waals surface area contributed by atoms with Gasteiger partial charge >= 0.3 is 0 Å². The molecule has 0 aliphatic carbocycles. The third-order valence-electron chi connectivity index (χ3n) is 7.51. The second kappa shape index (κ2) is 12.8. The van der Waals surface area contributed by atoms with Gasteiger partial charge in [-0.3, -0.25) is 0 Å². The van der Waals surface area contributed by atoms with E-state index < -0.39 is 0 Å². The van der Waals surface area contributed by atoms with E-state index in [9.17, 15) is 0 Å². The Bertz CT molecular complexity index is 1130. The first-order chi connectivity index (χ1) is 17.2. The maximum absolute atomic E-state index is 6.21. The maximum Gasteiger partial charge on any atom is 0.122 e. The lowest BCUT2D eigenvalue weighted by atomic mass is 9.94. The van der Waals surface area contributed by atoms with Gasteiger partial charge in [-0.05, 0) is 147 Å². The van der Waals surface area contributed by atoms with Gasteiger partial charge in [0.1, 0.15) is 5.75 Å². The van der Waals surface area contributed by atoms with E-state index >= 15 is 0 Å². The number of rotatable bonds is 12. The molecule has 0 spiro atoms. The molecule has 3 aromatic carbocycles. The zero-order valence-corrected chi connectivity index (χ0v) is 23.4. The minimum absolute atomic E-state index is 0.741. The molecule has 0 fully saturated rings. The van der Waals surface area contributed by atoms with Gasteiger partial charge in [-0.1, -0.05) is 55.6 Å². The molecule has 0 unspecified atom stereocenters. The number of hydrogen-bond donors (Lipinski definition) is 0. The third-order valence-corrected chi connectivity index (χ3v) is 7.51. The average molecular weight is 481 g/mol. The van der Waals surface area contributed by atoms with Crippen LogP contribution in [-0.2, 0) is 19.3 Å². The van der Waals surface area contributed by atoms with Gasteiger partial charge < -0.3 is 4.74 Å². The van der Waals surface area contributed by atoms with Crippen molar-refractivity contribution in [3.8, 4) is 5.75 Å². The van der Waals surface area contributed by atoms with Crippen molar-refractivity contribution in [2.45, 2.75) is 80.1 Å². The molecule has 0 heterocycles. The average Bonchev–Trinajstić information content (AvgIpc) is 2.85. The highest BCUT2D eigenvalue weighted by molar-refractivity contribution is 5.55. The first-order valence-corrected chi connectivity index (χ1v) is 13.4. The van der Waals surface area contributed by atoms with E-state index in [-0.39, 0.29) is 0 Å². The molecule has 0 N–H and O–H groups in total. The van der Waals surface area contributed by atoms with Crippen molar-refractivity contribution in [2.24, 2.45) is 0 Å². The molecular weight excluding hydrogens is 436 g/mol. The largest absolute Gasteiger partial charge is 0.493 e. The molecule has 3 rings (SSSR count). The predicted molar refractivity (Wildman–Crippen MR) is 158 cm³/mol. The summed E-state index contributed by atoms with van der Waals surface area (Å²) in [5, 5.41) is 0. The topological polar surface area (TPSA) is 9.23 Å². The van der Waals surface area contributed by atoms with Crippen molar-refractivity contribution < 1.29 is 4.74 Å². The Morgan fingerprint density at radius 1 is 0.528 bits per heavy atom. The molecule has 3 aromatic rings. The molecule has 1 heteroatoms. The molecule has 0 aliphatic heterocycles. The molecule has 0 bridgehead atoms. The van der Waals surface area contributed by atoms with E-state index in [0.717, 1.165) is 38.0 Å². The van der Waals surface area contributed by atoms with E-state index in [4.69, 9.17) is 4.74 Å². The molecule has 1 nitrogen and oxygen atoms in total. The highest BCUT2D eigenvalue weighted by Gasteiger charge is 2.08. The van der Waals surface area contributed by atoms with E-state index in [0.29, 0.717) is 0 Å². The fourth-order valence-corrected chi connectivity index (χ4v) is 5.13. The lowest BCUT2D eigenvalue weighted by molar-refractivity contribution is 0.308. The lowest BCUT2D eigenvalue weighted by Gasteiger charge is -2.15. The van der Waals surface area contributed by atoms with Crippen LogP contribution in [0.5, 0.6) is 5.75 Å². The Morgan fingerprint density at radius 2 is 0.944 bits per heavy atom. The summed E-state index contributed by atoms with van der Waals surface area (Å²) in [4.78, 5) is 0. The summed E-state index contributed by atoms with van der Waals surface area (Å²) < 4.78 is 6.21. The van der Waals surface area contributed by atoms with Crippen LogP contribution in [0.1, 0.15) is 80.5 Å². The number of benzene rings is 3. The standard InChI is InChI=1S/C35H44O/c1-9-30-18-26(5)32(20-24(30)3)14-11-12-15-33-22-29(8)35(23-28(33)7)36-17-13-16-34-21-25(4)31(10-2)19-27(34)6/h9-10,18-23H,1-2,11-17H2,3-8H3.